The van der Waals surface area contributed by atoms with Crippen LogP contribution in [0.3, 0.4) is 0 Å². The van der Waals surface area contributed by atoms with Crippen molar-refractivity contribution in [1.82, 2.24) is 15.5 Å². The lowest BCUT2D eigenvalue weighted by atomic mass is 9.99. The lowest BCUT2D eigenvalue weighted by molar-refractivity contribution is -0.143. The van der Waals surface area contributed by atoms with Crippen LogP contribution in [0.4, 0.5) is 4.79 Å². The molecule has 4 N–H and O–H groups in total. The molecule has 0 radical (unpaired) electrons. The molecule has 3 atom stereocenters. The van der Waals surface area contributed by atoms with Crippen LogP contribution >= 0.6 is 0 Å². The van der Waals surface area contributed by atoms with Crippen LogP contribution < -0.4 is 16.4 Å². The molecule has 1 aromatic carbocycles. The average Bonchev–Trinajstić information content (AvgIpc) is 3.63. The lowest BCUT2D eigenvalue weighted by Crippen LogP contribution is -2.54. The molecule has 2 rings (SSSR count). The zero-order chi connectivity index (χ0) is 27.8. The maximum absolute atomic E-state index is 14.0. The van der Waals surface area contributed by atoms with Crippen molar-refractivity contribution in [2.45, 2.75) is 116 Å². The predicted octanol–water partition coefficient (Wildman–Crippen LogP) is 3.74. The minimum Gasteiger partial charge on any atom is -0.444 e. The number of primary amides is 1. The van der Waals surface area contributed by atoms with Gasteiger partial charge in [-0.2, -0.15) is 0 Å². The fraction of sp³-hybridized carbons (Fsp3) is 0.643. The Morgan fingerprint density at radius 3 is 2.16 bits per heavy atom. The number of aryl methyl sites for hydroxylation is 1. The molecule has 1 saturated carbocycles. The first-order valence-corrected chi connectivity index (χ1v) is 13.3. The molecule has 9 heteroatoms. The van der Waals surface area contributed by atoms with Gasteiger partial charge in [0.15, 0.2) is 0 Å². The Hall–Kier alpha value is -3.10. The second-order valence-corrected chi connectivity index (χ2v) is 10.9. The summed E-state index contributed by atoms with van der Waals surface area (Å²) in [4.78, 5) is 53.4. The normalized spacial score (nSPS) is 15.7. The molecule has 1 aliphatic carbocycles. The summed E-state index contributed by atoms with van der Waals surface area (Å²) in [6, 6.07) is 5.55. The van der Waals surface area contributed by atoms with Crippen LogP contribution in [0.25, 0.3) is 0 Å². The topological polar surface area (TPSA) is 131 Å². The number of nitrogens with two attached hydrogens (primary N) is 1. The van der Waals surface area contributed by atoms with E-state index in [0.29, 0.717) is 5.56 Å². The van der Waals surface area contributed by atoms with E-state index in [0.717, 1.165) is 37.7 Å². The van der Waals surface area contributed by atoms with E-state index in [1.54, 1.807) is 25.7 Å². The fourth-order valence-corrected chi connectivity index (χ4v) is 4.25. The number of nitrogens with one attached hydrogen (secondary N) is 2. The lowest BCUT2D eigenvalue weighted by Gasteiger charge is -2.35. The SMILES string of the molecule is CCCC(C)NC(=O)C(c1ccc(CC)cc1)N(C(=O)C(CCC(N)=O)NC(=O)OC(C)(C)C)C1CC1. The summed E-state index contributed by atoms with van der Waals surface area (Å²) in [5.74, 6) is -1.28. The van der Waals surface area contributed by atoms with E-state index in [2.05, 4.69) is 24.5 Å². The van der Waals surface area contributed by atoms with Gasteiger partial charge in [0, 0.05) is 18.5 Å². The van der Waals surface area contributed by atoms with E-state index in [1.165, 1.54) is 0 Å². The number of hydrogen-bond acceptors (Lipinski definition) is 5. The first kappa shape index (κ1) is 30.1. The highest BCUT2D eigenvalue weighted by molar-refractivity contribution is 5.93. The molecular weight excluding hydrogens is 472 g/mol. The van der Waals surface area contributed by atoms with E-state index >= 15 is 0 Å². The summed E-state index contributed by atoms with van der Waals surface area (Å²) in [6.45, 7) is 11.2. The van der Waals surface area contributed by atoms with E-state index < -0.39 is 35.6 Å². The smallest absolute Gasteiger partial charge is 0.408 e. The maximum Gasteiger partial charge on any atom is 0.408 e. The van der Waals surface area contributed by atoms with Crippen molar-refractivity contribution in [3.8, 4) is 0 Å². The van der Waals surface area contributed by atoms with E-state index in [-0.39, 0.29) is 30.8 Å². The molecule has 3 unspecified atom stereocenters. The summed E-state index contributed by atoms with van der Waals surface area (Å²) in [5, 5.41) is 5.69. The van der Waals surface area contributed by atoms with Gasteiger partial charge in [-0.05, 0) is 70.9 Å². The zero-order valence-electron chi connectivity index (χ0n) is 23.1. The molecule has 0 heterocycles. The number of amides is 4. The Bertz CT molecular complexity index is 937. The number of rotatable bonds is 13. The molecule has 4 amide bonds. The van der Waals surface area contributed by atoms with Gasteiger partial charge in [-0.3, -0.25) is 14.4 Å². The Morgan fingerprint density at radius 2 is 1.68 bits per heavy atom. The average molecular weight is 517 g/mol. The Labute approximate surface area is 220 Å². The van der Waals surface area contributed by atoms with Crippen molar-refractivity contribution in [3.63, 3.8) is 0 Å². The number of ether oxygens (including phenoxy) is 1. The number of hydrogen-bond donors (Lipinski definition) is 3. The van der Waals surface area contributed by atoms with Gasteiger partial charge in [-0.1, -0.05) is 44.5 Å². The standard InChI is InChI=1S/C28H44N4O5/c1-7-9-18(3)30-25(34)24(20-12-10-19(8-2)11-13-20)32(21-14-15-21)26(35)22(16-17-23(29)33)31-27(36)37-28(4,5)6/h10-13,18,21-22,24H,7-9,14-17H2,1-6H3,(H2,29,33)(H,30,34)(H,31,36). The molecule has 0 spiro atoms. The molecule has 9 nitrogen and oxygen atoms in total. The monoisotopic (exact) mass is 516 g/mol. The highest BCUT2D eigenvalue weighted by Crippen LogP contribution is 2.36. The third-order valence-corrected chi connectivity index (χ3v) is 6.20. The van der Waals surface area contributed by atoms with E-state index in [4.69, 9.17) is 10.5 Å². The van der Waals surface area contributed by atoms with Crippen molar-refractivity contribution in [1.29, 1.82) is 0 Å². The van der Waals surface area contributed by atoms with Gasteiger partial charge in [0.05, 0.1) is 0 Å². The van der Waals surface area contributed by atoms with Gasteiger partial charge in [0.2, 0.25) is 17.7 Å². The van der Waals surface area contributed by atoms with Crippen LogP contribution in [0.5, 0.6) is 0 Å². The summed E-state index contributed by atoms with van der Waals surface area (Å²) >= 11 is 0. The molecule has 0 bridgehead atoms. The minimum atomic E-state index is -1.07. The van der Waals surface area contributed by atoms with Crippen molar-refractivity contribution >= 4 is 23.8 Å². The van der Waals surface area contributed by atoms with Crippen molar-refractivity contribution in [2.75, 3.05) is 0 Å². The summed E-state index contributed by atoms with van der Waals surface area (Å²) in [6.07, 6.45) is 3.22. The van der Waals surface area contributed by atoms with E-state index in [1.807, 2.05) is 31.2 Å². The van der Waals surface area contributed by atoms with Gasteiger partial charge >= 0.3 is 6.09 Å². The number of nitrogens with zero attached hydrogens (tertiary/aromatic N) is 1. The predicted molar refractivity (Wildman–Crippen MR) is 143 cm³/mol. The summed E-state index contributed by atoms with van der Waals surface area (Å²) in [7, 11) is 0. The summed E-state index contributed by atoms with van der Waals surface area (Å²) < 4.78 is 5.36. The molecule has 0 aliphatic heterocycles. The van der Waals surface area contributed by atoms with Crippen molar-refractivity contribution < 1.29 is 23.9 Å². The van der Waals surface area contributed by atoms with Gasteiger partial charge in [-0.15, -0.1) is 0 Å². The number of carbonyl (C=O) groups excluding carboxylic acids is 4. The molecule has 1 aromatic rings. The summed E-state index contributed by atoms with van der Waals surface area (Å²) in [5.41, 5.74) is 6.41. The Balaban J connectivity index is 2.44. The highest BCUT2D eigenvalue weighted by atomic mass is 16.6. The molecule has 0 saturated heterocycles. The van der Waals surface area contributed by atoms with Crippen LogP contribution in [0.2, 0.25) is 0 Å². The molecule has 1 aliphatic rings. The van der Waals surface area contributed by atoms with Gasteiger partial charge in [-0.25, -0.2) is 4.79 Å². The van der Waals surface area contributed by atoms with Crippen molar-refractivity contribution in [3.05, 3.63) is 35.4 Å². The van der Waals surface area contributed by atoms with Gasteiger partial charge in [0.25, 0.3) is 0 Å². The van der Waals surface area contributed by atoms with Crippen LogP contribution in [0.1, 0.15) is 97.2 Å². The first-order chi connectivity index (χ1) is 17.4. The fourth-order valence-electron chi connectivity index (χ4n) is 4.25. The second kappa shape index (κ2) is 13.4. The highest BCUT2D eigenvalue weighted by Gasteiger charge is 2.44. The zero-order valence-corrected chi connectivity index (χ0v) is 23.1. The van der Waals surface area contributed by atoms with Crippen LogP contribution in [0.15, 0.2) is 24.3 Å². The molecule has 206 valence electrons. The molecule has 0 aromatic heterocycles. The van der Waals surface area contributed by atoms with Gasteiger partial charge < -0.3 is 26.0 Å². The quantitative estimate of drug-likeness (QED) is 0.368. The van der Waals surface area contributed by atoms with Crippen LogP contribution in [-0.2, 0) is 25.5 Å². The second-order valence-electron chi connectivity index (χ2n) is 10.9. The third kappa shape index (κ3) is 9.70. The van der Waals surface area contributed by atoms with E-state index in [9.17, 15) is 19.2 Å². The maximum atomic E-state index is 14.0. The van der Waals surface area contributed by atoms with Crippen LogP contribution in [-0.4, -0.2) is 52.4 Å². The molecule has 1 fully saturated rings. The Kier molecular flexibility index (Phi) is 10.9. The van der Waals surface area contributed by atoms with Crippen LogP contribution in [0, 0.1) is 0 Å². The first-order valence-electron chi connectivity index (χ1n) is 13.3. The van der Waals surface area contributed by atoms with Crippen molar-refractivity contribution in [2.24, 2.45) is 5.73 Å². The Morgan fingerprint density at radius 1 is 1.05 bits per heavy atom. The van der Waals surface area contributed by atoms with Gasteiger partial charge in [0.1, 0.15) is 17.7 Å². The molecular formula is C28H44N4O5. The number of benzene rings is 1. The number of alkyl carbamates (subject to hydrolysis) is 1. The number of carbonyl (C=O) groups is 4. The molecule has 37 heavy (non-hydrogen) atoms. The third-order valence-electron chi connectivity index (χ3n) is 6.20. The largest absolute Gasteiger partial charge is 0.444 e. The minimum absolute atomic E-state index is 0.00593.